The van der Waals surface area contributed by atoms with E-state index >= 15 is 0 Å². The average molecular weight is 286 g/mol. The van der Waals surface area contributed by atoms with Gasteiger partial charge in [0, 0.05) is 17.5 Å². The quantitative estimate of drug-likeness (QED) is 0.777. The van der Waals surface area contributed by atoms with Gasteiger partial charge in [0.25, 0.3) is 0 Å². The molecule has 112 valence electrons. The zero-order chi connectivity index (χ0) is 15.2. The van der Waals surface area contributed by atoms with E-state index in [-0.39, 0.29) is 17.6 Å². The van der Waals surface area contributed by atoms with Crippen molar-refractivity contribution < 1.29 is 9.84 Å². The van der Waals surface area contributed by atoms with Crippen molar-refractivity contribution >= 4 is 0 Å². The van der Waals surface area contributed by atoms with Gasteiger partial charge >= 0.3 is 0 Å². The lowest BCUT2D eigenvalue weighted by Gasteiger charge is -2.26. The molecule has 0 bridgehead atoms. The molecule has 1 heterocycles. The molecule has 1 aromatic carbocycles. The molecular formula is C17H22N2O2. The van der Waals surface area contributed by atoms with Crippen LogP contribution in [0.1, 0.15) is 56.9 Å². The van der Waals surface area contributed by atoms with E-state index in [1.807, 2.05) is 6.07 Å². The second kappa shape index (κ2) is 7.03. The number of hydrogen-bond acceptors (Lipinski definition) is 4. The van der Waals surface area contributed by atoms with E-state index in [1.54, 1.807) is 12.1 Å². The lowest BCUT2D eigenvalue weighted by atomic mass is 9.85. The number of fused-ring (bicyclic) bond motifs is 1. The molecule has 0 aliphatic carbocycles. The van der Waals surface area contributed by atoms with Crippen molar-refractivity contribution in [1.29, 1.82) is 5.26 Å². The summed E-state index contributed by atoms with van der Waals surface area (Å²) in [6.07, 6.45) is 6.80. The Kier molecular flexibility index (Phi) is 5.10. The number of nitrogens with zero attached hydrogens (tertiary/aromatic N) is 1. The van der Waals surface area contributed by atoms with Crippen LogP contribution in [0.4, 0.5) is 0 Å². The normalized spacial score (nSPS) is 17.0. The fraction of sp³-hybridized carbons (Fsp3) is 0.471. The number of hydrogen-bond donors (Lipinski definition) is 2. The van der Waals surface area contributed by atoms with E-state index in [1.165, 1.54) is 19.3 Å². The van der Waals surface area contributed by atoms with Gasteiger partial charge in [-0.25, -0.2) is 0 Å². The molecule has 0 unspecified atom stereocenters. The Balaban J connectivity index is 2.15. The minimum Gasteiger partial charge on any atom is -0.508 e. The Morgan fingerprint density at radius 2 is 2.05 bits per heavy atom. The molecule has 4 nitrogen and oxygen atoms in total. The first kappa shape index (κ1) is 15.2. The van der Waals surface area contributed by atoms with E-state index in [0.717, 1.165) is 24.8 Å². The zero-order valence-corrected chi connectivity index (χ0v) is 12.4. The van der Waals surface area contributed by atoms with Gasteiger partial charge in [-0.3, -0.25) is 0 Å². The van der Waals surface area contributed by atoms with Gasteiger partial charge in [-0.1, -0.05) is 45.1 Å². The van der Waals surface area contributed by atoms with Crippen LogP contribution < -0.4 is 10.5 Å². The van der Waals surface area contributed by atoms with Gasteiger partial charge in [-0.2, -0.15) is 5.26 Å². The maximum absolute atomic E-state index is 9.56. The summed E-state index contributed by atoms with van der Waals surface area (Å²) in [6.45, 7) is 2.19. The SMILES string of the molecule is CCCCCCC[C@@H]1C(C#N)=C(N)Oc2cc(O)ccc21. The highest BCUT2D eigenvalue weighted by Gasteiger charge is 2.28. The van der Waals surface area contributed by atoms with Crippen LogP contribution in [0.5, 0.6) is 11.5 Å². The average Bonchev–Trinajstić information content (AvgIpc) is 2.46. The maximum atomic E-state index is 9.56. The summed E-state index contributed by atoms with van der Waals surface area (Å²) < 4.78 is 5.47. The molecule has 1 aliphatic rings. The highest BCUT2D eigenvalue weighted by molar-refractivity contribution is 5.51. The first-order chi connectivity index (χ1) is 10.2. The summed E-state index contributed by atoms with van der Waals surface area (Å²) in [6, 6.07) is 7.19. The van der Waals surface area contributed by atoms with Gasteiger partial charge in [0.1, 0.15) is 17.6 Å². The van der Waals surface area contributed by atoms with Crippen molar-refractivity contribution in [2.75, 3.05) is 0 Å². The van der Waals surface area contributed by atoms with Crippen LogP contribution in [0, 0.1) is 11.3 Å². The molecule has 2 rings (SSSR count). The Hall–Kier alpha value is -2.15. The Morgan fingerprint density at radius 1 is 1.29 bits per heavy atom. The Morgan fingerprint density at radius 3 is 2.76 bits per heavy atom. The summed E-state index contributed by atoms with van der Waals surface area (Å²) in [5.74, 6) is 0.837. The molecule has 0 saturated carbocycles. The maximum Gasteiger partial charge on any atom is 0.205 e. The number of nitrogens with two attached hydrogens (primary N) is 1. The van der Waals surface area contributed by atoms with Crippen molar-refractivity contribution in [3.05, 3.63) is 35.2 Å². The standard InChI is InChI=1S/C17H22N2O2/c1-2-3-4-5-6-7-13-14-9-8-12(20)10-16(14)21-17(19)15(13)11-18/h8-10,13,20H,2-7,19H2,1H3/t13-/m0/s1. The van der Waals surface area contributed by atoms with Gasteiger partial charge in [-0.15, -0.1) is 0 Å². The smallest absolute Gasteiger partial charge is 0.205 e. The van der Waals surface area contributed by atoms with E-state index in [4.69, 9.17) is 10.5 Å². The number of phenolic OH excluding ortho intramolecular Hbond substituents is 1. The molecule has 0 amide bonds. The second-order valence-corrected chi connectivity index (χ2v) is 5.47. The Bertz CT molecular complexity index is 573. The summed E-state index contributed by atoms with van der Waals surface area (Å²) in [5, 5.41) is 18.9. The second-order valence-electron chi connectivity index (χ2n) is 5.47. The molecule has 1 aliphatic heterocycles. The molecule has 21 heavy (non-hydrogen) atoms. The summed E-state index contributed by atoms with van der Waals surface area (Å²) >= 11 is 0. The van der Waals surface area contributed by atoms with Crippen LogP contribution in [0.15, 0.2) is 29.7 Å². The van der Waals surface area contributed by atoms with Crippen molar-refractivity contribution in [3.8, 4) is 17.6 Å². The molecule has 0 fully saturated rings. The number of allylic oxidation sites excluding steroid dienone is 1. The van der Waals surface area contributed by atoms with Gasteiger partial charge < -0.3 is 15.6 Å². The number of benzene rings is 1. The minimum absolute atomic E-state index is 0.0269. The third-order valence-corrected chi connectivity index (χ3v) is 3.92. The van der Waals surface area contributed by atoms with E-state index in [9.17, 15) is 10.4 Å². The van der Waals surface area contributed by atoms with E-state index in [0.29, 0.717) is 11.3 Å². The molecule has 0 radical (unpaired) electrons. The molecule has 3 N–H and O–H groups in total. The third-order valence-electron chi connectivity index (χ3n) is 3.92. The number of phenols is 1. The number of unbranched alkanes of at least 4 members (excludes halogenated alkanes) is 4. The van der Waals surface area contributed by atoms with Crippen LogP contribution in [0.3, 0.4) is 0 Å². The monoisotopic (exact) mass is 286 g/mol. The molecule has 0 aromatic heterocycles. The van der Waals surface area contributed by atoms with Crippen molar-refractivity contribution in [2.45, 2.75) is 51.4 Å². The highest BCUT2D eigenvalue weighted by atomic mass is 16.5. The largest absolute Gasteiger partial charge is 0.508 e. The summed E-state index contributed by atoms with van der Waals surface area (Å²) in [7, 11) is 0. The predicted octanol–water partition coefficient (Wildman–Crippen LogP) is 3.92. The molecule has 1 atom stereocenters. The summed E-state index contributed by atoms with van der Waals surface area (Å²) in [4.78, 5) is 0. The highest BCUT2D eigenvalue weighted by Crippen LogP contribution is 2.42. The Labute approximate surface area is 125 Å². The van der Waals surface area contributed by atoms with Gasteiger partial charge in [0.05, 0.1) is 5.57 Å². The summed E-state index contributed by atoms with van der Waals surface area (Å²) in [5.41, 5.74) is 7.29. The number of aromatic hydroxyl groups is 1. The zero-order valence-electron chi connectivity index (χ0n) is 12.4. The van der Waals surface area contributed by atoms with Gasteiger partial charge in [-0.05, 0) is 12.5 Å². The van der Waals surface area contributed by atoms with Gasteiger partial charge in [0.2, 0.25) is 5.88 Å². The predicted molar refractivity (Wildman–Crippen MR) is 81.7 cm³/mol. The molecule has 4 heteroatoms. The number of ether oxygens (including phenoxy) is 1. The topological polar surface area (TPSA) is 79.3 Å². The van der Waals surface area contributed by atoms with E-state index < -0.39 is 0 Å². The molecule has 1 aromatic rings. The fourth-order valence-corrected chi connectivity index (χ4v) is 2.78. The van der Waals surface area contributed by atoms with Crippen molar-refractivity contribution in [3.63, 3.8) is 0 Å². The molecule has 0 spiro atoms. The van der Waals surface area contributed by atoms with Gasteiger partial charge in [0.15, 0.2) is 0 Å². The first-order valence-electron chi connectivity index (χ1n) is 7.57. The first-order valence-corrected chi connectivity index (χ1v) is 7.57. The third kappa shape index (κ3) is 3.49. The van der Waals surface area contributed by atoms with Crippen LogP contribution >= 0.6 is 0 Å². The van der Waals surface area contributed by atoms with Crippen LogP contribution in [-0.4, -0.2) is 5.11 Å². The lowest BCUT2D eigenvalue weighted by Crippen LogP contribution is -2.20. The van der Waals surface area contributed by atoms with Crippen LogP contribution in [0.2, 0.25) is 0 Å². The van der Waals surface area contributed by atoms with Crippen LogP contribution in [0.25, 0.3) is 0 Å². The van der Waals surface area contributed by atoms with E-state index in [2.05, 4.69) is 13.0 Å². The minimum atomic E-state index is -0.0269. The molecule has 0 saturated heterocycles. The van der Waals surface area contributed by atoms with Crippen molar-refractivity contribution in [1.82, 2.24) is 0 Å². The molecular weight excluding hydrogens is 264 g/mol. The lowest BCUT2D eigenvalue weighted by molar-refractivity contribution is 0.378. The number of rotatable bonds is 6. The fourth-order valence-electron chi connectivity index (χ4n) is 2.78. The van der Waals surface area contributed by atoms with Crippen LogP contribution in [-0.2, 0) is 0 Å². The van der Waals surface area contributed by atoms with Crippen molar-refractivity contribution in [2.24, 2.45) is 5.73 Å². The number of nitriles is 1.